The largest absolute Gasteiger partial charge is 0.507 e. The fourth-order valence-corrected chi connectivity index (χ4v) is 5.08. The molecule has 2 fully saturated rings. The lowest BCUT2D eigenvalue weighted by molar-refractivity contribution is 0.0153. The number of piperidine rings is 1. The molecule has 8 nitrogen and oxygen atoms in total. The summed E-state index contributed by atoms with van der Waals surface area (Å²) in [5.74, 6) is 1.30. The number of allylic oxidation sites excluding steroid dienone is 1. The van der Waals surface area contributed by atoms with Crippen LogP contribution in [0.3, 0.4) is 0 Å². The zero-order valence-corrected chi connectivity index (χ0v) is 17.9. The van der Waals surface area contributed by atoms with Gasteiger partial charge in [0.1, 0.15) is 29.5 Å². The fraction of sp³-hybridized carbons (Fsp3) is 0.375. The van der Waals surface area contributed by atoms with Gasteiger partial charge < -0.3 is 19.9 Å². The van der Waals surface area contributed by atoms with Crippen LogP contribution >= 0.6 is 0 Å². The second kappa shape index (κ2) is 7.72. The maximum Gasteiger partial charge on any atom is 0.149 e. The van der Waals surface area contributed by atoms with Gasteiger partial charge in [0.05, 0.1) is 19.4 Å². The zero-order valence-electron chi connectivity index (χ0n) is 17.9. The van der Waals surface area contributed by atoms with Gasteiger partial charge in [-0.1, -0.05) is 6.07 Å². The third-order valence-corrected chi connectivity index (χ3v) is 6.57. The van der Waals surface area contributed by atoms with E-state index in [4.69, 9.17) is 9.47 Å². The Morgan fingerprint density at radius 3 is 2.69 bits per heavy atom. The van der Waals surface area contributed by atoms with E-state index in [1.54, 1.807) is 16.9 Å². The zero-order chi connectivity index (χ0) is 21.7. The summed E-state index contributed by atoms with van der Waals surface area (Å²) >= 11 is 0. The van der Waals surface area contributed by atoms with Crippen molar-refractivity contribution in [2.45, 2.75) is 24.9 Å². The average Bonchev–Trinajstić information content (AvgIpc) is 3.24. The van der Waals surface area contributed by atoms with Crippen LogP contribution in [0.1, 0.15) is 18.5 Å². The van der Waals surface area contributed by atoms with Crippen molar-refractivity contribution in [2.24, 2.45) is 13.0 Å². The fourth-order valence-electron chi connectivity index (χ4n) is 5.08. The third-order valence-electron chi connectivity index (χ3n) is 6.57. The Morgan fingerprint density at radius 1 is 1.09 bits per heavy atom. The molecule has 3 aliphatic rings. The molecule has 3 atom stereocenters. The summed E-state index contributed by atoms with van der Waals surface area (Å²) in [5.41, 5.74) is 5.10. The van der Waals surface area contributed by atoms with E-state index in [-0.39, 0.29) is 5.75 Å². The van der Waals surface area contributed by atoms with Crippen molar-refractivity contribution in [1.82, 2.24) is 25.3 Å². The molecule has 0 saturated carbocycles. The van der Waals surface area contributed by atoms with Crippen molar-refractivity contribution in [3.63, 3.8) is 0 Å². The molecule has 8 heteroatoms. The summed E-state index contributed by atoms with van der Waals surface area (Å²) < 4.78 is 13.4. The number of nitrogens with zero attached hydrogens (tertiary/aromatic N) is 4. The topological polar surface area (TPSA) is 94.3 Å². The average molecular weight is 431 g/mol. The summed E-state index contributed by atoms with van der Waals surface area (Å²) in [4.78, 5) is 0. The van der Waals surface area contributed by atoms with E-state index in [2.05, 4.69) is 26.7 Å². The van der Waals surface area contributed by atoms with E-state index in [9.17, 15) is 5.11 Å². The normalized spacial score (nSPS) is 24.4. The molecule has 2 aromatic heterocycles. The number of aromatic hydroxyl groups is 1. The Labute approximate surface area is 185 Å². The summed E-state index contributed by atoms with van der Waals surface area (Å²) in [7, 11) is 1.87. The van der Waals surface area contributed by atoms with Crippen LogP contribution in [0.15, 0.2) is 42.7 Å². The predicted molar refractivity (Wildman–Crippen MR) is 119 cm³/mol. The second-order valence-corrected chi connectivity index (χ2v) is 8.81. The van der Waals surface area contributed by atoms with Crippen molar-refractivity contribution in [3.8, 4) is 33.9 Å². The maximum absolute atomic E-state index is 10.7. The molecular formula is C24H25N5O3. The Morgan fingerprint density at radius 2 is 1.94 bits per heavy atom. The summed E-state index contributed by atoms with van der Waals surface area (Å²) in [6.45, 7) is 2.06. The molecule has 1 unspecified atom stereocenters. The predicted octanol–water partition coefficient (Wildman–Crippen LogP) is 2.79. The van der Waals surface area contributed by atoms with Crippen molar-refractivity contribution in [3.05, 3.63) is 48.4 Å². The number of aromatic nitrogens is 4. The Kier molecular flexibility index (Phi) is 4.69. The quantitative estimate of drug-likeness (QED) is 0.659. The molecule has 6 rings (SSSR count). The number of phenolic OH excluding ortho intramolecular Hbond substituents is 1. The minimum absolute atomic E-state index is 0.151. The molecule has 0 spiro atoms. The first-order valence-corrected chi connectivity index (χ1v) is 11.0. The lowest BCUT2D eigenvalue weighted by atomic mass is 9.80. The number of nitrogens with one attached hydrogen (secondary N) is 1. The molecule has 3 aliphatic heterocycles. The highest BCUT2D eigenvalue weighted by Gasteiger charge is 2.35. The van der Waals surface area contributed by atoms with E-state index < -0.39 is 0 Å². The summed E-state index contributed by atoms with van der Waals surface area (Å²) in [6, 6.07) is 8.22. The molecular weight excluding hydrogens is 406 g/mol. The number of hydrogen-bond donors (Lipinski definition) is 2. The van der Waals surface area contributed by atoms with Crippen molar-refractivity contribution >= 4 is 5.57 Å². The van der Waals surface area contributed by atoms with Crippen LogP contribution in [0.25, 0.3) is 28.0 Å². The Hall–Kier alpha value is -3.23. The molecule has 164 valence electrons. The summed E-state index contributed by atoms with van der Waals surface area (Å²) in [6.07, 6.45) is 7.89. The minimum Gasteiger partial charge on any atom is -0.507 e. The van der Waals surface area contributed by atoms with Crippen LogP contribution in [0, 0.1) is 5.92 Å². The van der Waals surface area contributed by atoms with Crippen LogP contribution in [-0.2, 0) is 11.8 Å². The standard InChI is InChI=1S/C24H25N5O3/c1-29-11-16(10-25-29)14-2-3-20(22(30)8-14)21-9-23-24(28-27-21)19(4-5-32-23)15-6-17-12-31-13-18(7-15)26-17/h2-4,8-11,15,17-18,26,30H,5-7,12-13H2,1H3/t15?,17-,18+. The number of benzene rings is 1. The summed E-state index contributed by atoms with van der Waals surface area (Å²) in [5, 5.41) is 27.6. The van der Waals surface area contributed by atoms with E-state index in [1.807, 2.05) is 31.4 Å². The Bertz CT molecular complexity index is 1190. The molecule has 2 bridgehead atoms. The smallest absolute Gasteiger partial charge is 0.149 e. The van der Waals surface area contributed by atoms with Crippen molar-refractivity contribution in [2.75, 3.05) is 19.8 Å². The van der Waals surface area contributed by atoms with Gasteiger partial charge in [0, 0.05) is 42.5 Å². The highest BCUT2D eigenvalue weighted by atomic mass is 16.5. The number of aryl methyl sites for hydroxylation is 1. The molecule has 2 saturated heterocycles. The molecule has 1 aromatic carbocycles. The third kappa shape index (κ3) is 3.45. The van der Waals surface area contributed by atoms with Gasteiger partial charge in [-0.05, 0) is 48.1 Å². The number of rotatable bonds is 3. The highest BCUT2D eigenvalue weighted by molar-refractivity contribution is 5.77. The minimum atomic E-state index is 0.151. The van der Waals surface area contributed by atoms with Gasteiger partial charge in [-0.15, -0.1) is 10.2 Å². The van der Waals surface area contributed by atoms with Crippen molar-refractivity contribution < 1.29 is 14.6 Å². The first kappa shape index (κ1) is 19.5. The molecule has 32 heavy (non-hydrogen) atoms. The van der Waals surface area contributed by atoms with Gasteiger partial charge in [0.15, 0.2) is 0 Å². The molecule has 2 N–H and O–H groups in total. The molecule has 0 radical (unpaired) electrons. The van der Waals surface area contributed by atoms with E-state index in [0.717, 1.165) is 48.6 Å². The SMILES string of the molecule is Cn1cc(-c2ccc(-c3cc4c(nn3)C(C3C[C@H]5COC[C@@H](C3)N5)=CCO4)c(O)c2)cn1. The molecule has 0 aliphatic carbocycles. The number of phenols is 1. The first-order chi connectivity index (χ1) is 15.6. The monoisotopic (exact) mass is 431 g/mol. The number of ether oxygens (including phenoxy) is 2. The van der Waals surface area contributed by atoms with Crippen molar-refractivity contribution in [1.29, 1.82) is 0 Å². The van der Waals surface area contributed by atoms with Gasteiger partial charge in [-0.3, -0.25) is 4.68 Å². The van der Waals surface area contributed by atoms with E-state index in [1.165, 1.54) is 5.57 Å². The lowest BCUT2D eigenvalue weighted by Crippen LogP contribution is -2.54. The highest BCUT2D eigenvalue weighted by Crippen LogP contribution is 2.41. The lowest BCUT2D eigenvalue weighted by Gasteiger charge is -2.41. The van der Waals surface area contributed by atoms with Gasteiger partial charge in [-0.2, -0.15) is 5.10 Å². The first-order valence-electron chi connectivity index (χ1n) is 11.0. The number of fused-ring (bicyclic) bond motifs is 3. The number of hydrogen-bond acceptors (Lipinski definition) is 7. The second-order valence-electron chi connectivity index (χ2n) is 8.81. The van der Waals surface area contributed by atoms with Crippen LogP contribution in [0.2, 0.25) is 0 Å². The maximum atomic E-state index is 10.7. The van der Waals surface area contributed by atoms with Gasteiger partial charge in [0.25, 0.3) is 0 Å². The Balaban J connectivity index is 1.29. The van der Waals surface area contributed by atoms with Gasteiger partial charge in [0.2, 0.25) is 0 Å². The van der Waals surface area contributed by atoms with E-state index in [0.29, 0.717) is 35.9 Å². The molecule has 0 amide bonds. The molecule has 5 heterocycles. The number of morpholine rings is 1. The van der Waals surface area contributed by atoms with Crippen LogP contribution in [0.5, 0.6) is 11.5 Å². The van der Waals surface area contributed by atoms with Crippen LogP contribution < -0.4 is 10.1 Å². The van der Waals surface area contributed by atoms with Gasteiger partial charge >= 0.3 is 0 Å². The molecule has 3 aromatic rings. The van der Waals surface area contributed by atoms with E-state index >= 15 is 0 Å². The van der Waals surface area contributed by atoms with Crippen LogP contribution in [-0.4, -0.2) is 57.0 Å². The van der Waals surface area contributed by atoms with Gasteiger partial charge in [-0.25, -0.2) is 0 Å². The van der Waals surface area contributed by atoms with Crippen LogP contribution in [0.4, 0.5) is 0 Å².